The predicted molar refractivity (Wildman–Crippen MR) is 108 cm³/mol. The third-order valence-corrected chi connectivity index (χ3v) is 5.15. The standard InChI is InChI=1S/C21H23ClN2O4/c1-27-18-8-7-17(13-19(18)28-2)23-20(25)14-9-11-24(12-10-14)21(26)15-3-5-16(22)6-4-15/h3-8,13-14H,9-12H2,1-2H3,(H,23,25). The molecule has 1 fully saturated rings. The summed E-state index contributed by atoms with van der Waals surface area (Å²) in [6.45, 7) is 1.09. The first kappa shape index (κ1) is 20.0. The number of hydrogen-bond acceptors (Lipinski definition) is 4. The molecule has 28 heavy (non-hydrogen) atoms. The van der Waals surface area contributed by atoms with Crippen molar-refractivity contribution in [3.63, 3.8) is 0 Å². The maximum atomic E-state index is 12.6. The molecule has 3 rings (SSSR count). The highest BCUT2D eigenvalue weighted by molar-refractivity contribution is 6.30. The van der Waals surface area contributed by atoms with E-state index in [4.69, 9.17) is 21.1 Å². The quantitative estimate of drug-likeness (QED) is 0.824. The summed E-state index contributed by atoms with van der Waals surface area (Å²) in [7, 11) is 3.12. The number of nitrogens with zero attached hydrogens (tertiary/aromatic N) is 1. The number of likely N-dealkylation sites (tertiary alicyclic amines) is 1. The van der Waals surface area contributed by atoms with Crippen LogP contribution >= 0.6 is 11.6 Å². The lowest BCUT2D eigenvalue weighted by molar-refractivity contribution is -0.121. The summed E-state index contributed by atoms with van der Waals surface area (Å²) < 4.78 is 10.5. The third-order valence-electron chi connectivity index (χ3n) is 4.90. The smallest absolute Gasteiger partial charge is 0.253 e. The molecule has 6 nitrogen and oxygen atoms in total. The fourth-order valence-electron chi connectivity index (χ4n) is 3.28. The number of carbonyl (C=O) groups excluding carboxylic acids is 2. The highest BCUT2D eigenvalue weighted by Crippen LogP contribution is 2.30. The van der Waals surface area contributed by atoms with Gasteiger partial charge < -0.3 is 19.7 Å². The Morgan fingerprint density at radius 2 is 1.64 bits per heavy atom. The van der Waals surface area contributed by atoms with E-state index in [0.29, 0.717) is 53.7 Å². The maximum absolute atomic E-state index is 12.6. The molecule has 0 radical (unpaired) electrons. The molecule has 148 valence electrons. The van der Waals surface area contributed by atoms with Crippen LogP contribution in [-0.4, -0.2) is 44.0 Å². The van der Waals surface area contributed by atoms with Gasteiger partial charge in [0.2, 0.25) is 5.91 Å². The molecule has 1 aliphatic heterocycles. The van der Waals surface area contributed by atoms with Gasteiger partial charge in [-0.3, -0.25) is 9.59 Å². The first-order valence-corrected chi connectivity index (χ1v) is 9.47. The van der Waals surface area contributed by atoms with Gasteiger partial charge >= 0.3 is 0 Å². The van der Waals surface area contributed by atoms with Crippen LogP contribution in [-0.2, 0) is 4.79 Å². The second-order valence-electron chi connectivity index (χ2n) is 6.63. The van der Waals surface area contributed by atoms with Crippen LogP contribution in [0.4, 0.5) is 5.69 Å². The number of anilines is 1. The second-order valence-corrected chi connectivity index (χ2v) is 7.07. The van der Waals surface area contributed by atoms with Crippen molar-refractivity contribution in [2.24, 2.45) is 5.92 Å². The van der Waals surface area contributed by atoms with Crippen molar-refractivity contribution in [2.45, 2.75) is 12.8 Å². The third kappa shape index (κ3) is 4.57. The maximum Gasteiger partial charge on any atom is 0.253 e. The van der Waals surface area contributed by atoms with Crippen LogP contribution < -0.4 is 14.8 Å². The van der Waals surface area contributed by atoms with Crippen LogP contribution in [0.5, 0.6) is 11.5 Å². The Bertz CT molecular complexity index is 846. The van der Waals surface area contributed by atoms with Gasteiger partial charge in [-0.1, -0.05) is 11.6 Å². The van der Waals surface area contributed by atoms with Crippen molar-refractivity contribution < 1.29 is 19.1 Å². The number of piperidine rings is 1. The number of ether oxygens (including phenoxy) is 2. The van der Waals surface area contributed by atoms with Crippen molar-refractivity contribution in [1.29, 1.82) is 0 Å². The van der Waals surface area contributed by atoms with Crippen molar-refractivity contribution in [1.82, 2.24) is 4.90 Å². The minimum atomic E-state index is -0.137. The lowest BCUT2D eigenvalue weighted by Crippen LogP contribution is -2.41. The number of amides is 2. The van der Waals surface area contributed by atoms with Crippen molar-refractivity contribution in [3.8, 4) is 11.5 Å². The molecule has 0 spiro atoms. The number of halogens is 1. The molecule has 0 unspecified atom stereocenters. The summed E-state index contributed by atoms with van der Waals surface area (Å²) in [5.41, 5.74) is 1.26. The van der Waals surface area contributed by atoms with Crippen LogP contribution in [0.25, 0.3) is 0 Å². The first-order chi connectivity index (χ1) is 13.5. The highest BCUT2D eigenvalue weighted by Gasteiger charge is 2.28. The van der Waals surface area contributed by atoms with Crippen molar-refractivity contribution in [3.05, 3.63) is 53.1 Å². The Labute approximate surface area is 169 Å². The molecule has 0 aliphatic carbocycles. The van der Waals surface area contributed by atoms with Crippen molar-refractivity contribution in [2.75, 3.05) is 32.6 Å². The fraction of sp³-hybridized carbons (Fsp3) is 0.333. The second kappa shape index (κ2) is 8.97. The molecule has 2 aromatic carbocycles. The highest BCUT2D eigenvalue weighted by atomic mass is 35.5. The average molecular weight is 403 g/mol. The predicted octanol–water partition coefficient (Wildman–Crippen LogP) is 3.85. The molecule has 1 aliphatic rings. The topological polar surface area (TPSA) is 67.9 Å². The minimum Gasteiger partial charge on any atom is -0.493 e. The van der Waals surface area contributed by atoms with Crippen LogP contribution in [0, 0.1) is 5.92 Å². The van der Waals surface area contributed by atoms with E-state index in [-0.39, 0.29) is 17.7 Å². The van der Waals surface area contributed by atoms with E-state index in [1.54, 1.807) is 61.6 Å². The summed E-state index contributed by atoms with van der Waals surface area (Å²) in [5, 5.41) is 3.53. The summed E-state index contributed by atoms with van der Waals surface area (Å²) in [6, 6.07) is 12.1. The van der Waals surface area contributed by atoms with Gasteiger partial charge in [0, 0.05) is 41.3 Å². The van der Waals surface area contributed by atoms with Crippen LogP contribution in [0.3, 0.4) is 0 Å². The van der Waals surface area contributed by atoms with E-state index in [9.17, 15) is 9.59 Å². The zero-order chi connectivity index (χ0) is 20.1. The normalized spacial score (nSPS) is 14.5. The molecular formula is C21H23ClN2O4. The first-order valence-electron chi connectivity index (χ1n) is 9.09. The molecule has 1 N–H and O–H groups in total. The number of carbonyl (C=O) groups is 2. The fourth-order valence-corrected chi connectivity index (χ4v) is 3.40. The number of benzene rings is 2. The van der Waals surface area contributed by atoms with Gasteiger partial charge in [0.15, 0.2) is 11.5 Å². The van der Waals surface area contributed by atoms with E-state index >= 15 is 0 Å². The van der Waals surface area contributed by atoms with E-state index in [1.807, 2.05) is 0 Å². The molecule has 1 saturated heterocycles. The molecule has 2 aromatic rings. The van der Waals surface area contributed by atoms with E-state index in [2.05, 4.69) is 5.32 Å². The van der Waals surface area contributed by atoms with Crippen LogP contribution in [0.15, 0.2) is 42.5 Å². The summed E-state index contributed by atoms with van der Waals surface area (Å²) in [5.74, 6) is 0.946. The Balaban J connectivity index is 1.56. The van der Waals surface area contributed by atoms with Gasteiger partial charge in [-0.15, -0.1) is 0 Å². The monoisotopic (exact) mass is 402 g/mol. The lowest BCUT2D eigenvalue weighted by Gasteiger charge is -2.31. The van der Waals surface area contributed by atoms with Crippen LogP contribution in [0.1, 0.15) is 23.2 Å². The molecule has 2 amide bonds. The number of nitrogens with one attached hydrogen (secondary N) is 1. The molecule has 0 atom stereocenters. The summed E-state index contributed by atoms with van der Waals surface area (Å²) >= 11 is 5.87. The summed E-state index contributed by atoms with van der Waals surface area (Å²) in [4.78, 5) is 27.0. The SMILES string of the molecule is COc1ccc(NC(=O)C2CCN(C(=O)c3ccc(Cl)cc3)CC2)cc1OC. The van der Waals surface area contributed by atoms with Gasteiger partial charge in [0.1, 0.15) is 0 Å². The lowest BCUT2D eigenvalue weighted by atomic mass is 9.95. The summed E-state index contributed by atoms with van der Waals surface area (Å²) in [6.07, 6.45) is 1.25. The number of methoxy groups -OCH3 is 2. The van der Waals surface area contributed by atoms with E-state index < -0.39 is 0 Å². The average Bonchev–Trinajstić information content (AvgIpc) is 2.73. The molecule has 0 saturated carbocycles. The van der Waals surface area contributed by atoms with Gasteiger partial charge in [-0.05, 0) is 49.2 Å². The Morgan fingerprint density at radius 1 is 1.00 bits per heavy atom. The number of rotatable bonds is 5. The molecule has 0 aromatic heterocycles. The van der Waals surface area contributed by atoms with Gasteiger partial charge in [0.05, 0.1) is 14.2 Å². The largest absolute Gasteiger partial charge is 0.493 e. The van der Waals surface area contributed by atoms with Gasteiger partial charge in [-0.2, -0.15) is 0 Å². The Hall–Kier alpha value is -2.73. The molecular weight excluding hydrogens is 380 g/mol. The van der Waals surface area contributed by atoms with Gasteiger partial charge in [0.25, 0.3) is 5.91 Å². The van der Waals surface area contributed by atoms with Crippen LogP contribution in [0.2, 0.25) is 5.02 Å². The Morgan fingerprint density at radius 3 is 2.25 bits per heavy atom. The Kier molecular flexibility index (Phi) is 6.41. The van der Waals surface area contributed by atoms with E-state index in [0.717, 1.165) is 0 Å². The molecule has 1 heterocycles. The van der Waals surface area contributed by atoms with E-state index in [1.165, 1.54) is 0 Å². The minimum absolute atomic E-state index is 0.0320. The van der Waals surface area contributed by atoms with Crippen molar-refractivity contribution >= 4 is 29.1 Å². The molecule has 0 bridgehead atoms. The zero-order valence-corrected chi connectivity index (χ0v) is 16.7. The number of hydrogen-bond donors (Lipinski definition) is 1. The van der Waals surface area contributed by atoms with Gasteiger partial charge in [-0.25, -0.2) is 0 Å². The molecule has 7 heteroatoms. The zero-order valence-electron chi connectivity index (χ0n) is 15.9.